The quantitative estimate of drug-likeness (QED) is 0.499. The van der Waals surface area contributed by atoms with E-state index in [-0.39, 0.29) is 18.0 Å². The summed E-state index contributed by atoms with van der Waals surface area (Å²) >= 11 is 3.43. The number of imidazole rings is 2. The normalized spacial score (nSPS) is 11.4. The van der Waals surface area contributed by atoms with Gasteiger partial charge in [0.05, 0.1) is 23.3 Å². The molecule has 1 N–H and O–H groups in total. The van der Waals surface area contributed by atoms with Crippen LogP contribution in [0, 0.1) is 0 Å². The number of carbonyl (C=O) groups excluding carboxylic acids is 1. The summed E-state index contributed by atoms with van der Waals surface area (Å²) in [6.45, 7) is 3.24. The lowest BCUT2D eigenvalue weighted by atomic mass is 10.3. The molecule has 4 rings (SSSR count). The molecule has 3 heterocycles. The van der Waals surface area contributed by atoms with Crippen LogP contribution in [0.2, 0.25) is 0 Å². The molecule has 28 heavy (non-hydrogen) atoms. The monoisotopic (exact) mass is 441 g/mol. The molecular weight excluding hydrogens is 422 g/mol. The highest BCUT2D eigenvalue weighted by atomic mass is 79.9. The Morgan fingerprint density at radius 3 is 2.61 bits per heavy atom. The third-order valence-electron chi connectivity index (χ3n) is 4.74. The Morgan fingerprint density at radius 1 is 1.11 bits per heavy atom. The standard InChI is InChI=1S/C20H20BrN5O2/c1-2-25-16-5-3-4-6-17(16)26(20(25)28)10-9-19(27)22-11-15-13-24-12-14(21)7-8-18(24)23-15/h3-8,12-13H,2,9-11H2,1H3,(H,22,27). The molecule has 4 aromatic rings. The number of halogens is 1. The summed E-state index contributed by atoms with van der Waals surface area (Å²) in [5.74, 6) is -0.113. The van der Waals surface area contributed by atoms with Gasteiger partial charge < -0.3 is 9.72 Å². The van der Waals surface area contributed by atoms with Crippen LogP contribution in [0.1, 0.15) is 19.0 Å². The lowest BCUT2D eigenvalue weighted by molar-refractivity contribution is -0.121. The highest BCUT2D eigenvalue weighted by molar-refractivity contribution is 9.10. The number of aryl methyl sites for hydroxylation is 2. The molecule has 0 spiro atoms. The summed E-state index contributed by atoms with van der Waals surface area (Å²) in [5.41, 5.74) is 3.28. The van der Waals surface area contributed by atoms with Crippen molar-refractivity contribution in [3.05, 3.63) is 69.4 Å². The zero-order valence-electron chi connectivity index (χ0n) is 15.4. The molecule has 0 radical (unpaired) electrons. The second kappa shape index (κ2) is 7.63. The molecule has 0 unspecified atom stereocenters. The molecule has 0 bridgehead atoms. The summed E-state index contributed by atoms with van der Waals surface area (Å²) < 4.78 is 6.26. The van der Waals surface area contributed by atoms with Crippen molar-refractivity contribution in [1.29, 1.82) is 0 Å². The van der Waals surface area contributed by atoms with Crippen LogP contribution in [0.5, 0.6) is 0 Å². The Hall–Kier alpha value is -2.87. The number of nitrogens with one attached hydrogen (secondary N) is 1. The molecule has 0 atom stereocenters. The molecule has 8 heteroatoms. The van der Waals surface area contributed by atoms with Crippen LogP contribution < -0.4 is 11.0 Å². The van der Waals surface area contributed by atoms with Gasteiger partial charge in [0.2, 0.25) is 5.91 Å². The van der Waals surface area contributed by atoms with Gasteiger partial charge >= 0.3 is 5.69 Å². The second-order valence-electron chi connectivity index (χ2n) is 6.54. The molecule has 0 aliphatic rings. The van der Waals surface area contributed by atoms with E-state index in [0.29, 0.717) is 19.6 Å². The maximum absolute atomic E-state index is 12.6. The largest absolute Gasteiger partial charge is 0.350 e. The van der Waals surface area contributed by atoms with Crippen molar-refractivity contribution in [3.63, 3.8) is 0 Å². The molecule has 0 fully saturated rings. The number of rotatable bonds is 6. The second-order valence-corrected chi connectivity index (χ2v) is 7.45. The number of pyridine rings is 1. The van der Waals surface area contributed by atoms with E-state index in [1.165, 1.54) is 0 Å². The van der Waals surface area contributed by atoms with Gasteiger partial charge in [0.25, 0.3) is 0 Å². The van der Waals surface area contributed by atoms with E-state index in [2.05, 4.69) is 26.2 Å². The van der Waals surface area contributed by atoms with Gasteiger partial charge in [-0.2, -0.15) is 0 Å². The number of aromatic nitrogens is 4. The Morgan fingerprint density at radius 2 is 1.86 bits per heavy atom. The molecular formula is C20H20BrN5O2. The van der Waals surface area contributed by atoms with E-state index in [0.717, 1.165) is 26.8 Å². The first-order valence-electron chi connectivity index (χ1n) is 9.14. The topological polar surface area (TPSA) is 73.3 Å². The zero-order chi connectivity index (χ0) is 19.7. The fourth-order valence-corrected chi connectivity index (χ4v) is 3.74. The Balaban J connectivity index is 1.42. The van der Waals surface area contributed by atoms with Crippen molar-refractivity contribution >= 4 is 38.5 Å². The van der Waals surface area contributed by atoms with Crippen LogP contribution >= 0.6 is 15.9 Å². The maximum Gasteiger partial charge on any atom is 0.329 e. The van der Waals surface area contributed by atoms with Crippen LogP contribution in [-0.2, 0) is 24.4 Å². The molecule has 3 aromatic heterocycles. The van der Waals surface area contributed by atoms with Gasteiger partial charge in [-0.15, -0.1) is 0 Å². The molecule has 0 aliphatic heterocycles. The molecule has 7 nitrogen and oxygen atoms in total. The molecule has 1 aromatic carbocycles. The number of carbonyl (C=O) groups is 1. The Labute approximate surface area is 169 Å². The molecule has 0 saturated carbocycles. The summed E-state index contributed by atoms with van der Waals surface area (Å²) in [7, 11) is 0. The van der Waals surface area contributed by atoms with E-state index in [1.54, 1.807) is 9.13 Å². The lowest BCUT2D eigenvalue weighted by Crippen LogP contribution is -2.28. The fraction of sp³-hybridized carbons (Fsp3) is 0.250. The first-order chi connectivity index (χ1) is 13.6. The number of hydrogen-bond acceptors (Lipinski definition) is 3. The molecule has 0 saturated heterocycles. The predicted molar refractivity (Wildman–Crippen MR) is 111 cm³/mol. The summed E-state index contributed by atoms with van der Waals surface area (Å²) in [4.78, 5) is 29.4. The minimum absolute atomic E-state index is 0.0811. The Kier molecular flexibility index (Phi) is 5.04. The van der Waals surface area contributed by atoms with Crippen molar-refractivity contribution in [2.24, 2.45) is 0 Å². The van der Waals surface area contributed by atoms with Gasteiger partial charge in [0.1, 0.15) is 5.65 Å². The number of amides is 1. The molecule has 144 valence electrons. The number of hydrogen-bond donors (Lipinski definition) is 1. The number of nitrogens with zero attached hydrogens (tertiary/aromatic N) is 4. The van der Waals surface area contributed by atoms with Crippen LogP contribution in [-0.4, -0.2) is 24.4 Å². The van der Waals surface area contributed by atoms with E-state index in [4.69, 9.17) is 0 Å². The maximum atomic E-state index is 12.6. The van der Waals surface area contributed by atoms with Crippen molar-refractivity contribution < 1.29 is 4.79 Å². The number of fused-ring (bicyclic) bond motifs is 2. The van der Waals surface area contributed by atoms with Crippen molar-refractivity contribution in [3.8, 4) is 0 Å². The van der Waals surface area contributed by atoms with Crippen LogP contribution in [0.15, 0.2) is 58.1 Å². The highest BCUT2D eigenvalue weighted by Gasteiger charge is 2.13. The summed E-state index contributed by atoms with van der Waals surface area (Å²) in [6.07, 6.45) is 4.04. The third kappa shape index (κ3) is 3.47. The first-order valence-corrected chi connectivity index (χ1v) is 9.94. The van der Waals surface area contributed by atoms with E-state index >= 15 is 0 Å². The summed E-state index contributed by atoms with van der Waals surface area (Å²) in [5, 5.41) is 2.88. The van der Waals surface area contributed by atoms with E-state index in [9.17, 15) is 9.59 Å². The van der Waals surface area contributed by atoms with E-state index < -0.39 is 0 Å². The van der Waals surface area contributed by atoms with Gasteiger partial charge in [-0.3, -0.25) is 13.9 Å². The predicted octanol–water partition coefficient (Wildman–Crippen LogP) is 2.94. The molecule has 0 aliphatic carbocycles. The van der Waals surface area contributed by atoms with Crippen molar-refractivity contribution in [1.82, 2.24) is 23.8 Å². The van der Waals surface area contributed by atoms with Gasteiger partial charge in [0.15, 0.2) is 0 Å². The minimum atomic E-state index is -0.113. The third-order valence-corrected chi connectivity index (χ3v) is 5.20. The summed E-state index contributed by atoms with van der Waals surface area (Å²) in [6, 6.07) is 11.5. The van der Waals surface area contributed by atoms with Crippen LogP contribution in [0.3, 0.4) is 0 Å². The van der Waals surface area contributed by atoms with Crippen molar-refractivity contribution in [2.45, 2.75) is 33.0 Å². The van der Waals surface area contributed by atoms with Crippen LogP contribution in [0.25, 0.3) is 16.7 Å². The van der Waals surface area contributed by atoms with Gasteiger partial charge in [0, 0.05) is 36.4 Å². The van der Waals surface area contributed by atoms with Crippen LogP contribution in [0.4, 0.5) is 0 Å². The number of para-hydroxylation sites is 2. The van der Waals surface area contributed by atoms with Gasteiger partial charge in [-0.25, -0.2) is 9.78 Å². The van der Waals surface area contributed by atoms with Gasteiger partial charge in [-0.1, -0.05) is 12.1 Å². The Bertz CT molecular complexity index is 1220. The first kappa shape index (κ1) is 18.5. The fourth-order valence-electron chi connectivity index (χ4n) is 3.39. The average Bonchev–Trinajstić information content (AvgIpc) is 3.21. The van der Waals surface area contributed by atoms with Gasteiger partial charge in [-0.05, 0) is 47.1 Å². The average molecular weight is 442 g/mol. The minimum Gasteiger partial charge on any atom is -0.350 e. The SMILES string of the molecule is CCn1c(=O)n(CCC(=O)NCc2cn3cc(Br)ccc3n2)c2ccccc21. The zero-order valence-corrected chi connectivity index (χ0v) is 17.0. The van der Waals surface area contributed by atoms with Crippen molar-refractivity contribution in [2.75, 3.05) is 0 Å². The lowest BCUT2D eigenvalue weighted by Gasteiger charge is -2.05. The smallest absolute Gasteiger partial charge is 0.329 e. The number of benzene rings is 1. The highest BCUT2D eigenvalue weighted by Crippen LogP contribution is 2.14. The molecule has 1 amide bonds. The van der Waals surface area contributed by atoms with E-state index in [1.807, 2.05) is 60.1 Å².